The number of carboxylic acid groups (broad SMARTS) is 1. The fourth-order valence-electron chi connectivity index (χ4n) is 1.04. The monoisotopic (exact) mass is 243 g/mol. The lowest BCUT2D eigenvalue weighted by molar-refractivity contribution is 0.0690. The van der Waals surface area contributed by atoms with E-state index in [-0.39, 0.29) is 11.6 Å². The number of aliphatic hydroxyl groups is 3. The molecule has 5 N–H and O–H groups in total. The maximum atomic E-state index is 10.7. The number of hydrogen-bond donors (Lipinski definition) is 5. The van der Waals surface area contributed by atoms with E-state index in [1.165, 1.54) is 12.3 Å². The lowest BCUT2D eigenvalue weighted by Crippen LogP contribution is -2.49. The molecule has 0 bridgehead atoms. The third-order valence-corrected chi connectivity index (χ3v) is 2.16. The van der Waals surface area contributed by atoms with Crippen molar-refractivity contribution in [3.8, 4) is 0 Å². The highest BCUT2D eigenvalue weighted by Gasteiger charge is 2.28. The first kappa shape index (κ1) is 13.3. The van der Waals surface area contributed by atoms with E-state index in [9.17, 15) is 4.79 Å². The Balaban J connectivity index is 2.93. The standard InChI is InChI=1S/C9H13N3O5/c13-3-9(4-14,5-15)12-8-10-2-1-6(11-8)7(16)17/h1-2,13-15H,3-5H2,(H,16,17)(H,10,11,12). The average molecular weight is 243 g/mol. The zero-order chi connectivity index (χ0) is 12.9. The Kier molecular flexibility index (Phi) is 4.32. The molecule has 0 saturated heterocycles. The first-order chi connectivity index (χ1) is 8.06. The van der Waals surface area contributed by atoms with Crippen molar-refractivity contribution in [3.63, 3.8) is 0 Å². The first-order valence-corrected chi connectivity index (χ1v) is 4.74. The first-order valence-electron chi connectivity index (χ1n) is 4.74. The van der Waals surface area contributed by atoms with Crippen LogP contribution in [0.1, 0.15) is 10.5 Å². The van der Waals surface area contributed by atoms with E-state index in [4.69, 9.17) is 20.4 Å². The molecule has 0 saturated carbocycles. The molecule has 0 radical (unpaired) electrons. The molecule has 0 fully saturated rings. The number of aromatic nitrogens is 2. The summed E-state index contributed by atoms with van der Waals surface area (Å²) in [5, 5.41) is 38.4. The Bertz CT molecular complexity index is 386. The summed E-state index contributed by atoms with van der Waals surface area (Å²) < 4.78 is 0. The third kappa shape index (κ3) is 3.09. The molecule has 0 aliphatic heterocycles. The normalized spacial score (nSPS) is 11.2. The third-order valence-electron chi connectivity index (χ3n) is 2.16. The van der Waals surface area contributed by atoms with Gasteiger partial charge in [0.15, 0.2) is 5.69 Å². The second kappa shape index (κ2) is 5.53. The topological polar surface area (TPSA) is 136 Å². The second-order valence-electron chi connectivity index (χ2n) is 3.45. The van der Waals surface area contributed by atoms with Gasteiger partial charge >= 0.3 is 5.97 Å². The number of nitrogens with one attached hydrogen (secondary N) is 1. The van der Waals surface area contributed by atoms with Crippen molar-refractivity contribution in [2.45, 2.75) is 5.54 Å². The van der Waals surface area contributed by atoms with Gasteiger partial charge in [-0.15, -0.1) is 0 Å². The van der Waals surface area contributed by atoms with Crippen LogP contribution in [0.2, 0.25) is 0 Å². The van der Waals surface area contributed by atoms with Crippen molar-refractivity contribution in [1.82, 2.24) is 9.97 Å². The molecular formula is C9H13N3O5. The fraction of sp³-hybridized carbons (Fsp3) is 0.444. The number of aliphatic hydroxyl groups excluding tert-OH is 3. The molecule has 8 heteroatoms. The molecular weight excluding hydrogens is 230 g/mol. The summed E-state index contributed by atoms with van der Waals surface area (Å²) >= 11 is 0. The van der Waals surface area contributed by atoms with Gasteiger partial charge in [-0.3, -0.25) is 0 Å². The van der Waals surface area contributed by atoms with Crippen LogP contribution >= 0.6 is 0 Å². The van der Waals surface area contributed by atoms with Crippen molar-refractivity contribution in [2.75, 3.05) is 25.1 Å². The lowest BCUT2D eigenvalue weighted by atomic mass is 10.0. The predicted octanol–water partition coefficient (Wildman–Crippen LogP) is -1.70. The number of aromatic carboxylic acids is 1. The van der Waals surface area contributed by atoms with Crippen LogP contribution < -0.4 is 5.32 Å². The number of rotatable bonds is 6. The quantitative estimate of drug-likeness (QED) is 0.399. The van der Waals surface area contributed by atoms with E-state index in [0.29, 0.717) is 0 Å². The summed E-state index contributed by atoms with van der Waals surface area (Å²) in [6.45, 7) is -1.66. The fourth-order valence-corrected chi connectivity index (χ4v) is 1.04. The van der Waals surface area contributed by atoms with Crippen LogP contribution in [0.5, 0.6) is 0 Å². The summed E-state index contributed by atoms with van der Waals surface area (Å²) in [7, 11) is 0. The van der Waals surface area contributed by atoms with Crippen LogP contribution in [0.4, 0.5) is 5.95 Å². The zero-order valence-corrected chi connectivity index (χ0v) is 8.87. The van der Waals surface area contributed by atoms with Crippen LogP contribution in [0.25, 0.3) is 0 Å². The van der Waals surface area contributed by atoms with Crippen molar-refractivity contribution in [1.29, 1.82) is 0 Å². The number of anilines is 1. The Morgan fingerprint density at radius 1 is 1.29 bits per heavy atom. The highest BCUT2D eigenvalue weighted by Crippen LogP contribution is 2.10. The van der Waals surface area contributed by atoms with Crippen molar-refractivity contribution < 1.29 is 25.2 Å². The van der Waals surface area contributed by atoms with E-state index < -0.39 is 31.3 Å². The molecule has 0 aliphatic rings. The highest BCUT2D eigenvalue weighted by molar-refractivity contribution is 5.85. The predicted molar refractivity (Wildman–Crippen MR) is 56.6 cm³/mol. The van der Waals surface area contributed by atoms with Gasteiger partial charge in [0, 0.05) is 6.20 Å². The van der Waals surface area contributed by atoms with Gasteiger partial charge in [-0.05, 0) is 6.07 Å². The summed E-state index contributed by atoms with van der Waals surface area (Å²) in [5.74, 6) is -1.32. The number of carboxylic acids is 1. The van der Waals surface area contributed by atoms with Gasteiger partial charge in [0.25, 0.3) is 0 Å². The van der Waals surface area contributed by atoms with Crippen LogP contribution in [0.15, 0.2) is 12.3 Å². The number of hydrogen-bond acceptors (Lipinski definition) is 7. The minimum Gasteiger partial charge on any atom is -0.477 e. The minimum atomic E-state index is -1.39. The smallest absolute Gasteiger partial charge is 0.354 e. The zero-order valence-electron chi connectivity index (χ0n) is 8.87. The van der Waals surface area contributed by atoms with Gasteiger partial charge in [0.2, 0.25) is 5.95 Å². The molecule has 17 heavy (non-hydrogen) atoms. The Morgan fingerprint density at radius 3 is 2.35 bits per heavy atom. The van der Waals surface area contributed by atoms with Gasteiger partial charge in [-0.25, -0.2) is 14.8 Å². The summed E-state index contributed by atoms with van der Waals surface area (Å²) in [5.41, 5.74) is -1.62. The Labute approximate surface area is 96.6 Å². The van der Waals surface area contributed by atoms with E-state index in [2.05, 4.69) is 15.3 Å². The largest absolute Gasteiger partial charge is 0.477 e. The Hall–Kier alpha value is -1.77. The van der Waals surface area contributed by atoms with E-state index in [1.54, 1.807) is 0 Å². The molecule has 1 aromatic rings. The molecule has 8 nitrogen and oxygen atoms in total. The maximum absolute atomic E-state index is 10.7. The van der Waals surface area contributed by atoms with Crippen molar-refractivity contribution >= 4 is 11.9 Å². The maximum Gasteiger partial charge on any atom is 0.354 e. The van der Waals surface area contributed by atoms with Gasteiger partial charge in [-0.2, -0.15) is 0 Å². The molecule has 0 amide bonds. The van der Waals surface area contributed by atoms with Crippen molar-refractivity contribution in [2.24, 2.45) is 0 Å². The molecule has 94 valence electrons. The SMILES string of the molecule is O=C(O)c1ccnc(NC(CO)(CO)CO)n1. The highest BCUT2D eigenvalue weighted by atomic mass is 16.4. The average Bonchev–Trinajstić information content (AvgIpc) is 2.36. The molecule has 0 unspecified atom stereocenters. The van der Waals surface area contributed by atoms with Crippen LogP contribution in [-0.4, -0.2) is 61.7 Å². The minimum absolute atomic E-state index is 0.0953. The number of nitrogens with zero attached hydrogens (tertiary/aromatic N) is 2. The summed E-state index contributed by atoms with van der Waals surface area (Å²) in [6.07, 6.45) is 1.22. The van der Waals surface area contributed by atoms with Gasteiger partial charge in [0.05, 0.1) is 19.8 Å². The summed E-state index contributed by atoms with van der Waals surface area (Å²) in [4.78, 5) is 18.0. The second-order valence-corrected chi connectivity index (χ2v) is 3.45. The van der Waals surface area contributed by atoms with E-state index in [0.717, 1.165) is 0 Å². The molecule has 0 spiro atoms. The van der Waals surface area contributed by atoms with Gasteiger partial charge < -0.3 is 25.7 Å². The lowest BCUT2D eigenvalue weighted by Gasteiger charge is -2.28. The molecule has 1 heterocycles. The van der Waals surface area contributed by atoms with E-state index >= 15 is 0 Å². The van der Waals surface area contributed by atoms with Crippen LogP contribution in [0, 0.1) is 0 Å². The molecule has 0 aliphatic carbocycles. The number of carbonyl (C=O) groups is 1. The van der Waals surface area contributed by atoms with Gasteiger partial charge in [0.1, 0.15) is 5.54 Å². The molecule has 1 rings (SSSR count). The summed E-state index contributed by atoms with van der Waals surface area (Å²) in [6, 6.07) is 1.20. The van der Waals surface area contributed by atoms with Crippen LogP contribution in [0.3, 0.4) is 0 Å². The van der Waals surface area contributed by atoms with Crippen molar-refractivity contribution in [3.05, 3.63) is 18.0 Å². The molecule has 0 atom stereocenters. The molecule has 0 aromatic carbocycles. The van der Waals surface area contributed by atoms with Crippen LogP contribution in [-0.2, 0) is 0 Å². The Morgan fingerprint density at radius 2 is 1.88 bits per heavy atom. The van der Waals surface area contributed by atoms with E-state index in [1.807, 2.05) is 0 Å². The van der Waals surface area contributed by atoms with Gasteiger partial charge in [-0.1, -0.05) is 0 Å². The molecule has 1 aromatic heterocycles.